The van der Waals surface area contributed by atoms with Crippen molar-refractivity contribution in [2.24, 2.45) is 5.92 Å². The third-order valence-corrected chi connectivity index (χ3v) is 10.2. The Bertz CT molecular complexity index is 1820. The molecule has 3 amide bonds. The molecular formula is C31H26FN3O7S2. The summed E-state index contributed by atoms with van der Waals surface area (Å²) in [6.07, 6.45) is 0. The van der Waals surface area contributed by atoms with Crippen molar-refractivity contribution < 1.29 is 33.0 Å². The molecule has 0 radical (unpaired) electrons. The first kappa shape index (κ1) is 29.5. The number of nitrogens with one attached hydrogen (secondary N) is 1. The summed E-state index contributed by atoms with van der Waals surface area (Å²) in [4.78, 5) is 55.6. The van der Waals surface area contributed by atoms with Gasteiger partial charge in [-0.15, -0.1) is 0 Å². The van der Waals surface area contributed by atoms with E-state index in [1.165, 1.54) is 43.1 Å². The molecule has 2 unspecified atom stereocenters. The standard InChI is InChI=1S/C31H26FN3O7S2/c1-40-20-11-7-18(8-12-20)33-23(36)15-34-30-27(44-31(34)39)24(16-4-13-21(41-2)22(14-16)42-3)25-26(43-30)29(38)35(28(25)37)19-9-5-17(32)6-10-19/h4-14,24-26H,15H2,1-3H3,(H,33,36)/t24-,25?,26?/m1/s1. The van der Waals surface area contributed by atoms with Gasteiger partial charge in [-0.3, -0.25) is 23.7 Å². The van der Waals surface area contributed by atoms with Crippen molar-refractivity contribution >= 4 is 52.2 Å². The molecule has 1 fully saturated rings. The largest absolute Gasteiger partial charge is 0.497 e. The van der Waals surface area contributed by atoms with Gasteiger partial charge in [0.1, 0.15) is 23.4 Å². The molecule has 3 atom stereocenters. The van der Waals surface area contributed by atoms with Crippen molar-refractivity contribution in [2.45, 2.75) is 22.7 Å². The maximum absolute atomic E-state index is 14.0. The third-order valence-electron chi connectivity index (χ3n) is 7.58. The molecule has 0 saturated carbocycles. The number of hydrogen-bond donors (Lipinski definition) is 1. The first-order valence-corrected chi connectivity index (χ1v) is 15.1. The van der Waals surface area contributed by atoms with Crippen LogP contribution in [-0.4, -0.2) is 48.9 Å². The van der Waals surface area contributed by atoms with E-state index in [1.54, 1.807) is 49.6 Å². The molecule has 10 nitrogen and oxygen atoms in total. The summed E-state index contributed by atoms with van der Waals surface area (Å²) in [6, 6.07) is 17.1. The van der Waals surface area contributed by atoms with Crippen LogP contribution in [0.2, 0.25) is 0 Å². The first-order valence-electron chi connectivity index (χ1n) is 13.4. The van der Waals surface area contributed by atoms with Crippen LogP contribution in [0.4, 0.5) is 15.8 Å². The molecule has 4 aromatic rings. The Balaban J connectivity index is 1.41. The number of imide groups is 1. The van der Waals surface area contributed by atoms with E-state index >= 15 is 0 Å². The van der Waals surface area contributed by atoms with E-state index in [4.69, 9.17) is 14.2 Å². The van der Waals surface area contributed by atoms with Gasteiger partial charge < -0.3 is 19.5 Å². The van der Waals surface area contributed by atoms with Gasteiger partial charge in [-0.25, -0.2) is 9.29 Å². The molecule has 226 valence electrons. The highest BCUT2D eigenvalue weighted by Crippen LogP contribution is 2.54. The van der Waals surface area contributed by atoms with Gasteiger partial charge in [0.15, 0.2) is 11.5 Å². The highest BCUT2D eigenvalue weighted by Gasteiger charge is 2.57. The Labute approximate surface area is 259 Å². The van der Waals surface area contributed by atoms with Crippen molar-refractivity contribution in [3.63, 3.8) is 0 Å². The predicted octanol–water partition coefficient (Wildman–Crippen LogP) is 4.51. The van der Waals surface area contributed by atoms with Gasteiger partial charge in [-0.1, -0.05) is 29.2 Å². The van der Waals surface area contributed by atoms with Crippen molar-refractivity contribution in [1.29, 1.82) is 0 Å². The number of carbonyl (C=O) groups excluding carboxylic acids is 3. The van der Waals surface area contributed by atoms with Gasteiger partial charge in [0.25, 0.3) is 0 Å². The number of fused-ring (bicyclic) bond motifs is 2. The van der Waals surface area contributed by atoms with E-state index < -0.39 is 45.5 Å². The van der Waals surface area contributed by atoms with Crippen LogP contribution in [0.1, 0.15) is 16.4 Å². The van der Waals surface area contributed by atoms with Crippen molar-refractivity contribution in [1.82, 2.24) is 4.57 Å². The first-order chi connectivity index (χ1) is 21.2. The highest BCUT2D eigenvalue weighted by molar-refractivity contribution is 8.00. The van der Waals surface area contributed by atoms with Crippen molar-refractivity contribution in [3.05, 3.63) is 92.7 Å². The maximum Gasteiger partial charge on any atom is 0.308 e. The zero-order valence-electron chi connectivity index (χ0n) is 23.7. The average Bonchev–Trinajstić information content (AvgIpc) is 3.47. The molecule has 1 N–H and O–H groups in total. The number of ether oxygens (including phenoxy) is 3. The molecule has 1 saturated heterocycles. The van der Waals surface area contributed by atoms with Gasteiger partial charge >= 0.3 is 4.87 Å². The van der Waals surface area contributed by atoms with Crippen molar-refractivity contribution in [2.75, 3.05) is 31.5 Å². The zero-order valence-corrected chi connectivity index (χ0v) is 25.4. The molecule has 0 aliphatic carbocycles. The summed E-state index contributed by atoms with van der Waals surface area (Å²) < 4.78 is 31.1. The minimum absolute atomic E-state index is 0.252. The number of hydrogen-bond acceptors (Lipinski definition) is 9. The normalized spacial score (nSPS) is 18.9. The predicted molar refractivity (Wildman–Crippen MR) is 164 cm³/mol. The Morgan fingerprint density at radius 3 is 2.25 bits per heavy atom. The quantitative estimate of drug-likeness (QED) is 0.281. The number of anilines is 2. The molecule has 1 aromatic heterocycles. The number of rotatable bonds is 8. The summed E-state index contributed by atoms with van der Waals surface area (Å²) in [6.45, 7) is -0.302. The molecule has 6 rings (SSSR count). The number of benzene rings is 3. The van der Waals surface area contributed by atoms with Crippen LogP contribution in [0.5, 0.6) is 17.2 Å². The van der Waals surface area contributed by atoms with Crippen LogP contribution in [-0.2, 0) is 20.9 Å². The summed E-state index contributed by atoms with van der Waals surface area (Å²) in [5.74, 6) is -1.95. The SMILES string of the molecule is COc1ccc(NC(=O)Cn2c3c(sc2=O)[C@H](c2ccc(OC)c(OC)c2)C2C(=O)N(c4ccc(F)cc4)C(=O)C2S3)cc1. The molecule has 44 heavy (non-hydrogen) atoms. The second-order valence-electron chi connectivity index (χ2n) is 10.0. The molecule has 2 aliphatic heterocycles. The molecule has 2 aliphatic rings. The van der Waals surface area contributed by atoms with Crippen LogP contribution >= 0.6 is 23.1 Å². The van der Waals surface area contributed by atoms with Crippen molar-refractivity contribution in [3.8, 4) is 17.2 Å². The Morgan fingerprint density at radius 2 is 1.59 bits per heavy atom. The van der Waals surface area contributed by atoms with E-state index in [1.807, 2.05) is 0 Å². The molecule has 0 bridgehead atoms. The van der Waals surface area contributed by atoms with Gasteiger partial charge in [0.2, 0.25) is 17.7 Å². The van der Waals surface area contributed by atoms with E-state index in [-0.39, 0.29) is 12.2 Å². The number of carbonyl (C=O) groups is 3. The summed E-state index contributed by atoms with van der Waals surface area (Å²) in [5.41, 5.74) is 1.41. The lowest BCUT2D eigenvalue weighted by atomic mass is 9.83. The van der Waals surface area contributed by atoms with E-state index in [9.17, 15) is 23.6 Å². The number of amides is 3. The van der Waals surface area contributed by atoms with Gasteiger partial charge in [0.05, 0.1) is 38.0 Å². The van der Waals surface area contributed by atoms with E-state index in [0.717, 1.165) is 28.0 Å². The number of thioether (sulfide) groups is 1. The molecular weight excluding hydrogens is 609 g/mol. The number of halogens is 1. The Hall–Kier alpha value is -4.62. The highest BCUT2D eigenvalue weighted by atomic mass is 32.2. The smallest absolute Gasteiger partial charge is 0.308 e. The monoisotopic (exact) mass is 635 g/mol. The molecule has 0 spiro atoms. The summed E-state index contributed by atoms with van der Waals surface area (Å²) >= 11 is 2.03. The van der Waals surface area contributed by atoms with Crippen LogP contribution in [0.15, 0.2) is 76.6 Å². The Morgan fingerprint density at radius 1 is 0.886 bits per heavy atom. The fourth-order valence-electron chi connectivity index (χ4n) is 5.52. The minimum Gasteiger partial charge on any atom is -0.497 e. The molecule has 3 aromatic carbocycles. The second-order valence-corrected chi connectivity index (χ2v) is 12.2. The van der Waals surface area contributed by atoms with Crippen LogP contribution in [0.3, 0.4) is 0 Å². The Kier molecular flexibility index (Phi) is 7.91. The van der Waals surface area contributed by atoms with Crippen LogP contribution in [0.25, 0.3) is 0 Å². The third kappa shape index (κ3) is 5.11. The van der Waals surface area contributed by atoms with E-state index in [2.05, 4.69) is 5.32 Å². The summed E-state index contributed by atoms with van der Waals surface area (Å²) in [7, 11) is 4.54. The number of aromatic nitrogens is 1. The molecule has 3 heterocycles. The fraction of sp³-hybridized carbons (Fsp3) is 0.226. The number of methoxy groups -OCH3 is 3. The second kappa shape index (κ2) is 11.8. The lowest BCUT2D eigenvalue weighted by Gasteiger charge is -2.31. The lowest BCUT2D eigenvalue weighted by molar-refractivity contribution is -0.122. The minimum atomic E-state index is -0.900. The zero-order chi connectivity index (χ0) is 31.1. The average molecular weight is 636 g/mol. The maximum atomic E-state index is 14.0. The van der Waals surface area contributed by atoms with Gasteiger partial charge in [0, 0.05) is 16.5 Å². The van der Waals surface area contributed by atoms with E-state index in [0.29, 0.717) is 38.4 Å². The molecule has 13 heteroatoms. The fourth-order valence-corrected chi connectivity index (χ4v) is 8.30. The summed E-state index contributed by atoms with van der Waals surface area (Å²) in [5, 5.41) is 2.32. The van der Waals surface area contributed by atoms with Crippen LogP contribution < -0.4 is 29.3 Å². The number of nitrogens with zero attached hydrogens (tertiary/aromatic N) is 2. The number of thiazole rings is 1. The van der Waals surface area contributed by atoms with Crippen LogP contribution in [0, 0.1) is 11.7 Å². The van der Waals surface area contributed by atoms with Gasteiger partial charge in [-0.2, -0.15) is 0 Å². The topological polar surface area (TPSA) is 116 Å². The lowest BCUT2D eigenvalue weighted by Crippen LogP contribution is -2.33. The van der Waals surface area contributed by atoms with Gasteiger partial charge in [-0.05, 0) is 66.2 Å².